The van der Waals surface area contributed by atoms with Gasteiger partial charge in [-0.25, -0.2) is 0 Å². The van der Waals surface area contributed by atoms with Crippen molar-refractivity contribution in [3.63, 3.8) is 0 Å². The third kappa shape index (κ3) is 3.63. The summed E-state index contributed by atoms with van der Waals surface area (Å²) in [6, 6.07) is 0. The van der Waals surface area contributed by atoms with Crippen molar-refractivity contribution in [1.29, 1.82) is 0 Å². The number of aliphatic hydroxyl groups is 1. The van der Waals surface area contributed by atoms with Gasteiger partial charge in [-0.2, -0.15) is 0 Å². The molecule has 3 heteroatoms. The first kappa shape index (κ1) is 15.6. The van der Waals surface area contributed by atoms with Crippen LogP contribution in [0.3, 0.4) is 0 Å². The average Bonchev–Trinajstić information content (AvgIpc) is 2.82. The van der Waals surface area contributed by atoms with Crippen LogP contribution in [0.25, 0.3) is 0 Å². The molecule has 0 radical (unpaired) electrons. The lowest BCUT2D eigenvalue weighted by Crippen LogP contribution is -2.22. The smallest absolute Gasteiger partial charge is 0.306 e. The summed E-state index contributed by atoms with van der Waals surface area (Å²) in [5.74, 6) is 1.16. The van der Waals surface area contributed by atoms with Crippen LogP contribution in [0, 0.1) is 17.8 Å². The maximum absolute atomic E-state index is 11.4. The molecule has 1 aliphatic carbocycles. The molecule has 0 bridgehead atoms. The van der Waals surface area contributed by atoms with Crippen LogP contribution < -0.4 is 0 Å². The third-order valence-electron chi connectivity index (χ3n) is 4.88. The van der Waals surface area contributed by atoms with Crippen LogP contribution in [0.15, 0.2) is 12.2 Å². The van der Waals surface area contributed by atoms with E-state index in [0.29, 0.717) is 24.2 Å². The summed E-state index contributed by atoms with van der Waals surface area (Å²) < 4.78 is 5.36. The molecular weight excluding hydrogens is 252 g/mol. The zero-order valence-electron chi connectivity index (χ0n) is 13.0. The highest BCUT2D eigenvalue weighted by Gasteiger charge is 2.47. The number of unbranched alkanes of at least 4 members (excludes halogenated alkanes) is 2. The fourth-order valence-electron chi connectivity index (χ4n) is 3.65. The minimum Gasteiger partial charge on any atom is -0.462 e. The maximum Gasteiger partial charge on any atom is 0.306 e. The van der Waals surface area contributed by atoms with Gasteiger partial charge in [-0.1, -0.05) is 45.3 Å². The summed E-state index contributed by atoms with van der Waals surface area (Å²) in [7, 11) is 0. The Labute approximate surface area is 122 Å². The van der Waals surface area contributed by atoms with Gasteiger partial charge in [0, 0.05) is 5.92 Å². The van der Waals surface area contributed by atoms with Gasteiger partial charge in [0.15, 0.2) is 0 Å². The molecule has 1 aliphatic heterocycles. The molecule has 1 saturated heterocycles. The van der Waals surface area contributed by atoms with E-state index in [-0.39, 0.29) is 12.1 Å². The van der Waals surface area contributed by atoms with Crippen molar-refractivity contribution in [2.75, 3.05) is 0 Å². The van der Waals surface area contributed by atoms with E-state index in [9.17, 15) is 9.90 Å². The van der Waals surface area contributed by atoms with E-state index in [1.165, 1.54) is 6.42 Å². The van der Waals surface area contributed by atoms with Crippen molar-refractivity contribution < 1.29 is 14.6 Å². The van der Waals surface area contributed by atoms with E-state index >= 15 is 0 Å². The van der Waals surface area contributed by atoms with E-state index in [4.69, 9.17) is 4.74 Å². The van der Waals surface area contributed by atoms with Gasteiger partial charge in [0.1, 0.15) is 6.10 Å². The van der Waals surface area contributed by atoms with Crippen molar-refractivity contribution in [3.8, 4) is 0 Å². The minimum atomic E-state index is -0.726. The summed E-state index contributed by atoms with van der Waals surface area (Å²) >= 11 is 0. The fraction of sp³-hybridized carbons (Fsp3) is 0.824. The molecule has 5 atom stereocenters. The molecule has 1 heterocycles. The molecule has 20 heavy (non-hydrogen) atoms. The Morgan fingerprint density at radius 2 is 2.20 bits per heavy atom. The average molecular weight is 280 g/mol. The molecule has 0 aromatic carbocycles. The number of hydrogen-bond donors (Lipinski definition) is 1. The molecular formula is C17H28O3. The summed E-state index contributed by atoms with van der Waals surface area (Å²) in [6.07, 6.45) is 9.91. The van der Waals surface area contributed by atoms with E-state index < -0.39 is 5.60 Å². The predicted molar refractivity (Wildman–Crippen MR) is 79.2 cm³/mol. The normalized spacial score (nSPS) is 36.1. The van der Waals surface area contributed by atoms with Crippen LogP contribution in [-0.2, 0) is 9.53 Å². The Bertz CT molecular complexity index is 372. The number of carbonyl (C=O) groups is 1. The van der Waals surface area contributed by atoms with Gasteiger partial charge < -0.3 is 9.84 Å². The Kier molecular flexibility index (Phi) is 4.90. The van der Waals surface area contributed by atoms with E-state index in [0.717, 1.165) is 25.7 Å². The monoisotopic (exact) mass is 280 g/mol. The SMILES string of the molecule is CCCCC[C@](C)(O)/C=C/[C@@H]1[C@H]2CC(=O)O[C@H]2C[C@H]1C. The van der Waals surface area contributed by atoms with Crippen LogP contribution in [0.1, 0.15) is 59.3 Å². The van der Waals surface area contributed by atoms with Gasteiger partial charge in [0.2, 0.25) is 0 Å². The molecule has 114 valence electrons. The number of rotatable bonds is 6. The Morgan fingerprint density at radius 3 is 2.90 bits per heavy atom. The first-order chi connectivity index (χ1) is 9.43. The molecule has 2 fully saturated rings. The zero-order valence-corrected chi connectivity index (χ0v) is 13.0. The van der Waals surface area contributed by atoms with E-state index in [1.54, 1.807) is 0 Å². The lowest BCUT2D eigenvalue weighted by Gasteiger charge is -2.21. The van der Waals surface area contributed by atoms with Crippen molar-refractivity contribution >= 4 is 5.97 Å². The summed E-state index contributed by atoms with van der Waals surface area (Å²) in [5, 5.41) is 10.4. The lowest BCUT2D eigenvalue weighted by atomic mass is 9.86. The largest absolute Gasteiger partial charge is 0.462 e. The molecule has 0 aromatic rings. The highest BCUT2D eigenvalue weighted by molar-refractivity contribution is 5.72. The number of fused-ring (bicyclic) bond motifs is 1. The molecule has 3 nitrogen and oxygen atoms in total. The van der Waals surface area contributed by atoms with Gasteiger partial charge in [0.25, 0.3) is 0 Å². The van der Waals surface area contributed by atoms with Crippen molar-refractivity contribution in [3.05, 3.63) is 12.2 Å². The summed E-state index contributed by atoms with van der Waals surface area (Å²) in [5.41, 5.74) is -0.726. The Hall–Kier alpha value is -0.830. The van der Waals surface area contributed by atoms with Gasteiger partial charge in [-0.3, -0.25) is 4.79 Å². The molecule has 1 N–H and O–H groups in total. The number of ether oxygens (including phenoxy) is 1. The number of carbonyl (C=O) groups excluding carboxylic acids is 1. The second kappa shape index (κ2) is 6.30. The van der Waals surface area contributed by atoms with Crippen LogP contribution >= 0.6 is 0 Å². The van der Waals surface area contributed by atoms with E-state index in [1.807, 2.05) is 13.0 Å². The molecule has 0 unspecified atom stereocenters. The first-order valence-corrected chi connectivity index (χ1v) is 8.04. The lowest BCUT2D eigenvalue weighted by molar-refractivity contribution is -0.141. The van der Waals surface area contributed by atoms with Gasteiger partial charge in [-0.05, 0) is 31.6 Å². The summed E-state index contributed by atoms with van der Waals surface area (Å²) in [6.45, 7) is 6.27. The highest BCUT2D eigenvalue weighted by atomic mass is 16.6. The summed E-state index contributed by atoms with van der Waals surface area (Å²) in [4.78, 5) is 11.4. The Balaban J connectivity index is 1.94. The molecule has 0 spiro atoms. The fourth-order valence-corrected chi connectivity index (χ4v) is 3.65. The second-order valence-corrected chi connectivity index (χ2v) is 6.86. The first-order valence-electron chi connectivity index (χ1n) is 8.04. The van der Waals surface area contributed by atoms with E-state index in [2.05, 4.69) is 19.9 Å². The third-order valence-corrected chi connectivity index (χ3v) is 4.88. The molecule has 0 aromatic heterocycles. The number of hydrogen-bond acceptors (Lipinski definition) is 3. The topological polar surface area (TPSA) is 46.5 Å². The second-order valence-electron chi connectivity index (χ2n) is 6.86. The number of esters is 1. The van der Waals surface area contributed by atoms with Crippen molar-refractivity contribution in [1.82, 2.24) is 0 Å². The highest BCUT2D eigenvalue weighted by Crippen LogP contribution is 2.45. The van der Waals surface area contributed by atoms with Crippen molar-refractivity contribution in [2.45, 2.75) is 71.0 Å². The minimum absolute atomic E-state index is 0.0556. The quantitative estimate of drug-likeness (QED) is 0.460. The molecule has 0 amide bonds. The molecule has 2 rings (SSSR count). The number of allylic oxidation sites excluding steroid dienone is 1. The van der Waals surface area contributed by atoms with Crippen molar-refractivity contribution in [2.24, 2.45) is 17.8 Å². The zero-order chi connectivity index (χ0) is 14.8. The van der Waals surface area contributed by atoms with Crippen LogP contribution in [0.5, 0.6) is 0 Å². The van der Waals surface area contributed by atoms with Gasteiger partial charge in [0.05, 0.1) is 12.0 Å². The van der Waals surface area contributed by atoms with Gasteiger partial charge in [-0.15, -0.1) is 0 Å². The standard InChI is InChI=1S/C17H28O3/c1-4-5-6-8-17(3,19)9-7-13-12(2)10-15-14(13)11-16(18)20-15/h7,9,12-15,19H,4-6,8,10-11H2,1-3H3/b9-7+/t12-,13+,14-,15+,17+/m1/s1. The predicted octanol–water partition coefficient (Wildman–Crippen LogP) is 3.46. The van der Waals surface area contributed by atoms with Crippen LogP contribution in [0.4, 0.5) is 0 Å². The molecule has 2 aliphatic rings. The maximum atomic E-state index is 11.4. The van der Waals surface area contributed by atoms with Crippen LogP contribution in [0.2, 0.25) is 0 Å². The Morgan fingerprint density at radius 1 is 1.45 bits per heavy atom. The van der Waals surface area contributed by atoms with Gasteiger partial charge >= 0.3 is 5.97 Å². The molecule has 1 saturated carbocycles. The van der Waals surface area contributed by atoms with Crippen LogP contribution in [-0.4, -0.2) is 22.8 Å².